The van der Waals surface area contributed by atoms with Crippen molar-refractivity contribution in [2.24, 2.45) is 0 Å². The number of amides is 1. The van der Waals surface area contributed by atoms with Crippen LogP contribution in [0.15, 0.2) is 41.0 Å². The van der Waals surface area contributed by atoms with E-state index in [1.54, 1.807) is 6.07 Å². The third-order valence-corrected chi connectivity index (χ3v) is 3.50. The van der Waals surface area contributed by atoms with E-state index < -0.39 is 23.8 Å². The second-order valence-corrected chi connectivity index (χ2v) is 5.87. The number of esters is 1. The van der Waals surface area contributed by atoms with E-state index in [1.807, 2.05) is 0 Å². The van der Waals surface area contributed by atoms with Crippen molar-refractivity contribution in [3.63, 3.8) is 0 Å². The summed E-state index contributed by atoms with van der Waals surface area (Å²) in [6, 6.07) is 7.01. The molecule has 0 bridgehead atoms. The van der Waals surface area contributed by atoms with Crippen LogP contribution in [0.5, 0.6) is 0 Å². The van der Waals surface area contributed by atoms with Gasteiger partial charge in [-0.3, -0.25) is 4.79 Å². The highest BCUT2D eigenvalue weighted by molar-refractivity contribution is 9.10. The molecule has 120 valence electrons. The van der Waals surface area contributed by atoms with Gasteiger partial charge in [0.2, 0.25) is 0 Å². The molecule has 2 aromatic rings. The molecular formula is C15H11BrClFN2O3. The van der Waals surface area contributed by atoms with Gasteiger partial charge in [-0.15, -0.1) is 0 Å². The Kier molecular flexibility index (Phi) is 5.68. The highest BCUT2D eigenvalue weighted by atomic mass is 79.9. The van der Waals surface area contributed by atoms with E-state index in [1.165, 1.54) is 37.4 Å². The normalized spacial score (nSPS) is 11.7. The first-order chi connectivity index (χ1) is 10.9. The molecule has 0 aliphatic carbocycles. The third kappa shape index (κ3) is 4.74. The van der Waals surface area contributed by atoms with Gasteiger partial charge in [0.15, 0.2) is 6.10 Å². The molecule has 1 heterocycles. The van der Waals surface area contributed by atoms with Crippen LogP contribution in [-0.2, 0) is 9.53 Å². The van der Waals surface area contributed by atoms with Gasteiger partial charge in [-0.2, -0.15) is 0 Å². The molecule has 0 fully saturated rings. The lowest BCUT2D eigenvalue weighted by atomic mass is 10.3. The second-order valence-electron chi connectivity index (χ2n) is 4.52. The minimum Gasteiger partial charge on any atom is -0.448 e. The molecule has 5 nitrogen and oxygen atoms in total. The van der Waals surface area contributed by atoms with Crippen LogP contribution >= 0.6 is 27.5 Å². The van der Waals surface area contributed by atoms with Crippen LogP contribution in [0.3, 0.4) is 0 Å². The Balaban J connectivity index is 2.01. The summed E-state index contributed by atoms with van der Waals surface area (Å²) in [5, 5.41) is 2.67. The Labute approximate surface area is 144 Å². The number of anilines is 1. The molecule has 1 N–H and O–H groups in total. The van der Waals surface area contributed by atoms with Crippen molar-refractivity contribution in [1.29, 1.82) is 0 Å². The van der Waals surface area contributed by atoms with Crippen molar-refractivity contribution in [3.8, 4) is 0 Å². The van der Waals surface area contributed by atoms with E-state index in [9.17, 15) is 14.0 Å². The average molecular weight is 402 g/mol. The standard InChI is InChI=1S/C15H11BrClFN2O3/c1-8(23-15(22)13-7-10(17)4-5-19-13)14(21)20-12-3-2-9(16)6-11(12)18/h2-8H,1H3,(H,20,21)/t8-/m1/s1. The van der Waals surface area contributed by atoms with Gasteiger partial charge >= 0.3 is 5.97 Å². The lowest BCUT2D eigenvalue weighted by Gasteiger charge is -2.13. The maximum Gasteiger partial charge on any atom is 0.357 e. The first-order valence-corrected chi connectivity index (χ1v) is 7.62. The van der Waals surface area contributed by atoms with Crippen molar-refractivity contribution in [2.45, 2.75) is 13.0 Å². The zero-order valence-electron chi connectivity index (χ0n) is 11.8. The number of ether oxygens (including phenoxy) is 1. The molecule has 23 heavy (non-hydrogen) atoms. The molecule has 1 aromatic heterocycles. The fraction of sp³-hybridized carbons (Fsp3) is 0.133. The molecule has 0 saturated heterocycles. The van der Waals surface area contributed by atoms with Crippen LogP contribution in [0, 0.1) is 5.82 Å². The summed E-state index contributed by atoms with van der Waals surface area (Å²) in [5.74, 6) is -2.07. The molecule has 1 aromatic carbocycles. The van der Waals surface area contributed by atoms with Gasteiger partial charge in [-0.05, 0) is 37.3 Å². The predicted molar refractivity (Wildman–Crippen MR) is 86.9 cm³/mol. The van der Waals surface area contributed by atoms with E-state index in [0.29, 0.717) is 9.50 Å². The summed E-state index contributed by atoms with van der Waals surface area (Å²) >= 11 is 8.87. The molecular weight excluding hydrogens is 391 g/mol. The zero-order valence-corrected chi connectivity index (χ0v) is 14.2. The maximum atomic E-state index is 13.7. The van der Waals surface area contributed by atoms with Gasteiger partial charge in [0.1, 0.15) is 11.5 Å². The molecule has 8 heteroatoms. The van der Waals surface area contributed by atoms with Gasteiger partial charge in [-0.1, -0.05) is 27.5 Å². The van der Waals surface area contributed by atoms with E-state index in [0.717, 1.165) is 0 Å². The Hall–Kier alpha value is -1.99. The van der Waals surface area contributed by atoms with Crippen molar-refractivity contribution < 1.29 is 18.7 Å². The van der Waals surface area contributed by atoms with Crippen molar-refractivity contribution in [2.75, 3.05) is 5.32 Å². The third-order valence-electron chi connectivity index (χ3n) is 2.77. The van der Waals surface area contributed by atoms with Crippen LogP contribution in [-0.4, -0.2) is 23.0 Å². The number of carbonyl (C=O) groups is 2. The Morgan fingerprint density at radius 1 is 1.35 bits per heavy atom. The minimum atomic E-state index is -1.13. The van der Waals surface area contributed by atoms with Gasteiger partial charge in [0.05, 0.1) is 5.69 Å². The quantitative estimate of drug-likeness (QED) is 0.791. The Morgan fingerprint density at radius 2 is 2.09 bits per heavy atom. The lowest BCUT2D eigenvalue weighted by molar-refractivity contribution is -0.123. The number of rotatable bonds is 4. The largest absolute Gasteiger partial charge is 0.448 e. The molecule has 2 rings (SSSR count). The van der Waals surface area contributed by atoms with Crippen molar-refractivity contribution in [1.82, 2.24) is 4.98 Å². The van der Waals surface area contributed by atoms with Crippen LogP contribution in [0.1, 0.15) is 17.4 Å². The highest BCUT2D eigenvalue weighted by Gasteiger charge is 2.21. The molecule has 0 unspecified atom stereocenters. The van der Waals surface area contributed by atoms with E-state index >= 15 is 0 Å². The van der Waals surface area contributed by atoms with Crippen molar-refractivity contribution in [3.05, 3.63) is 57.5 Å². The molecule has 1 atom stereocenters. The fourth-order valence-electron chi connectivity index (χ4n) is 1.62. The highest BCUT2D eigenvalue weighted by Crippen LogP contribution is 2.19. The predicted octanol–water partition coefficient (Wildman–Crippen LogP) is 3.82. The van der Waals surface area contributed by atoms with Crippen molar-refractivity contribution >= 4 is 45.1 Å². The summed E-state index contributed by atoms with van der Waals surface area (Å²) < 4.78 is 19.2. The van der Waals surface area contributed by atoms with Crippen LogP contribution in [0.4, 0.5) is 10.1 Å². The first-order valence-electron chi connectivity index (χ1n) is 6.45. The average Bonchev–Trinajstić information content (AvgIpc) is 2.49. The van der Waals surface area contributed by atoms with Gasteiger partial charge in [0, 0.05) is 15.7 Å². The summed E-state index contributed by atoms with van der Waals surface area (Å²) in [6.45, 7) is 1.37. The first kappa shape index (κ1) is 17.4. The number of nitrogens with one attached hydrogen (secondary N) is 1. The molecule has 0 aliphatic rings. The Morgan fingerprint density at radius 3 is 2.74 bits per heavy atom. The minimum absolute atomic E-state index is 0.0121. The van der Waals surface area contributed by atoms with E-state index in [2.05, 4.69) is 26.2 Å². The monoisotopic (exact) mass is 400 g/mol. The van der Waals surface area contributed by atoms with E-state index in [-0.39, 0.29) is 11.4 Å². The topological polar surface area (TPSA) is 68.3 Å². The molecule has 1 amide bonds. The van der Waals surface area contributed by atoms with Gasteiger partial charge in [0.25, 0.3) is 5.91 Å². The smallest absolute Gasteiger partial charge is 0.357 e. The number of pyridine rings is 1. The summed E-state index contributed by atoms with van der Waals surface area (Å²) in [7, 11) is 0. The van der Waals surface area contributed by atoms with Crippen LogP contribution in [0.25, 0.3) is 0 Å². The number of hydrogen-bond donors (Lipinski definition) is 1. The fourth-order valence-corrected chi connectivity index (χ4v) is 2.11. The zero-order chi connectivity index (χ0) is 17.0. The molecule has 0 saturated carbocycles. The summed E-state index contributed by atoms with van der Waals surface area (Å²) in [5.41, 5.74) is -0.0334. The lowest BCUT2D eigenvalue weighted by Crippen LogP contribution is -2.30. The number of aromatic nitrogens is 1. The maximum absolute atomic E-state index is 13.7. The molecule has 0 radical (unpaired) electrons. The number of hydrogen-bond acceptors (Lipinski definition) is 4. The number of carbonyl (C=O) groups excluding carboxylic acids is 2. The summed E-state index contributed by atoms with van der Waals surface area (Å²) in [4.78, 5) is 27.6. The SMILES string of the molecule is C[C@@H](OC(=O)c1cc(Cl)ccn1)C(=O)Nc1ccc(Br)cc1F. The van der Waals surface area contributed by atoms with E-state index in [4.69, 9.17) is 16.3 Å². The molecule has 0 aliphatic heterocycles. The van der Waals surface area contributed by atoms with Gasteiger partial charge in [-0.25, -0.2) is 14.2 Å². The Bertz CT molecular complexity index is 757. The number of halogens is 3. The number of benzene rings is 1. The summed E-state index contributed by atoms with van der Waals surface area (Å²) in [6.07, 6.45) is 0.215. The number of nitrogens with zero attached hydrogens (tertiary/aromatic N) is 1. The van der Waals surface area contributed by atoms with Crippen LogP contribution < -0.4 is 5.32 Å². The second kappa shape index (κ2) is 7.52. The molecule has 0 spiro atoms. The van der Waals surface area contributed by atoms with Gasteiger partial charge < -0.3 is 10.1 Å². The van der Waals surface area contributed by atoms with Crippen LogP contribution in [0.2, 0.25) is 5.02 Å².